The number of hydrogen-bond donors (Lipinski definition) is 0. The zero-order valence-corrected chi connectivity index (χ0v) is 24.8. The largest absolute Gasteiger partial charge is 0.489 e. The van der Waals surface area contributed by atoms with Crippen LogP contribution in [0.15, 0.2) is 73.1 Å². The van der Waals surface area contributed by atoms with Gasteiger partial charge in [-0.15, -0.1) is 0 Å². The van der Waals surface area contributed by atoms with Crippen LogP contribution in [0.5, 0.6) is 5.75 Å². The fourth-order valence-electron chi connectivity index (χ4n) is 5.25. The topological polar surface area (TPSA) is 78.7 Å². The maximum absolute atomic E-state index is 13.9. The summed E-state index contributed by atoms with van der Waals surface area (Å²) < 4.78 is 19.7. The first kappa shape index (κ1) is 28.9. The zero-order chi connectivity index (χ0) is 27.9. The Hall–Kier alpha value is -3.66. The van der Waals surface area contributed by atoms with Crippen molar-refractivity contribution in [3.8, 4) is 28.1 Å². The molecule has 214 valence electrons. The summed E-state index contributed by atoms with van der Waals surface area (Å²) in [6.45, 7) is 9.99. The van der Waals surface area contributed by atoms with E-state index in [2.05, 4.69) is 43.1 Å². The average Bonchev–Trinajstić information content (AvgIpc) is 3.53. The number of pyridine rings is 1. The molecular weight excluding hydrogens is 536 g/mol. The minimum absolute atomic E-state index is 0. The van der Waals surface area contributed by atoms with Crippen LogP contribution in [0.2, 0.25) is 0 Å². The van der Waals surface area contributed by atoms with Crippen molar-refractivity contribution in [1.82, 2.24) is 19.7 Å². The van der Waals surface area contributed by atoms with Crippen LogP contribution >= 0.6 is 13.5 Å². The average molecular weight is 573 g/mol. The summed E-state index contributed by atoms with van der Waals surface area (Å²) in [6, 6.07) is 20.2. The minimum atomic E-state index is -0.722. The summed E-state index contributed by atoms with van der Waals surface area (Å²) in [5.74, 6) is 0.416. The lowest BCUT2D eigenvalue weighted by molar-refractivity contribution is -0.155. The van der Waals surface area contributed by atoms with Crippen LogP contribution < -0.4 is 4.74 Å². The molecule has 1 fully saturated rings. The van der Waals surface area contributed by atoms with E-state index in [0.29, 0.717) is 37.9 Å². The second kappa shape index (κ2) is 11.7. The molecule has 0 radical (unpaired) electrons. The van der Waals surface area contributed by atoms with Crippen LogP contribution in [0.4, 0.5) is 0 Å². The van der Waals surface area contributed by atoms with E-state index in [1.165, 1.54) is 5.56 Å². The molecule has 2 aliphatic rings. The Labute approximate surface area is 247 Å². The molecule has 2 aliphatic heterocycles. The molecule has 0 saturated carbocycles. The molecule has 0 bridgehead atoms. The van der Waals surface area contributed by atoms with E-state index in [9.17, 15) is 4.79 Å². The van der Waals surface area contributed by atoms with Crippen molar-refractivity contribution in [1.29, 1.82) is 0 Å². The number of hydrogen-bond acceptors (Lipinski definition) is 6. The van der Waals surface area contributed by atoms with Crippen LogP contribution in [0.25, 0.3) is 22.4 Å². The van der Waals surface area contributed by atoms with Crippen LogP contribution in [0, 0.1) is 0 Å². The molecule has 1 saturated heterocycles. The fraction of sp³-hybridized carbons (Fsp3) is 0.344. The highest BCUT2D eigenvalue weighted by Gasteiger charge is 2.42. The molecule has 41 heavy (non-hydrogen) atoms. The quantitative estimate of drug-likeness (QED) is 0.271. The first-order valence-electron chi connectivity index (χ1n) is 13.7. The van der Waals surface area contributed by atoms with Gasteiger partial charge in [-0.05, 0) is 60.7 Å². The van der Waals surface area contributed by atoms with Crippen LogP contribution in [-0.2, 0) is 22.6 Å². The molecule has 2 aromatic carbocycles. The normalized spacial score (nSPS) is 17.8. The number of rotatable bonds is 7. The van der Waals surface area contributed by atoms with Gasteiger partial charge in [-0.25, -0.2) is 0 Å². The second-order valence-electron chi connectivity index (χ2n) is 11.0. The number of fused-ring (bicyclic) bond motifs is 1. The number of ether oxygens (including phenoxy) is 3. The molecule has 4 aromatic rings. The molecule has 6 rings (SSSR count). The Morgan fingerprint density at radius 2 is 1.68 bits per heavy atom. The summed E-state index contributed by atoms with van der Waals surface area (Å²) in [4.78, 5) is 19.9. The van der Waals surface area contributed by atoms with Crippen molar-refractivity contribution in [2.45, 2.75) is 58.8 Å². The highest BCUT2D eigenvalue weighted by Crippen LogP contribution is 2.38. The van der Waals surface area contributed by atoms with Gasteiger partial charge in [0.15, 0.2) is 12.0 Å². The first-order valence-corrected chi connectivity index (χ1v) is 13.7. The third kappa shape index (κ3) is 5.88. The lowest BCUT2D eigenvalue weighted by atomic mass is 9.98. The van der Waals surface area contributed by atoms with E-state index in [0.717, 1.165) is 33.7 Å². The van der Waals surface area contributed by atoms with Crippen molar-refractivity contribution in [3.05, 3.63) is 89.9 Å². The Morgan fingerprint density at radius 3 is 2.32 bits per heavy atom. The zero-order valence-electron chi connectivity index (χ0n) is 23.8. The van der Waals surface area contributed by atoms with E-state index >= 15 is 0 Å². The summed E-state index contributed by atoms with van der Waals surface area (Å²) in [5, 5.41) is 4.89. The predicted octanol–water partition coefficient (Wildman–Crippen LogP) is 5.99. The lowest BCUT2D eigenvalue weighted by Gasteiger charge is -2.32. The van der Waals surface area contributed by atoms with E-state index < -0.39 is 12.0 Å². The summed E-state index contributed by atoms with van der Waals surface area (Å²) in [7, 11) is 0. The maximum atomic E-state index is 13.9. The molecule has 4 heterocycles. The first-order chi connectivity index (χ1) is 19.3. The van der Waals surface area contributed by atoms with Gasteiger partial charge in [0.25, 0.3) is 5.91 Å². The number of carbonyl (C=O) groups is 1. The van der Waals surface area contributed by atoms with Gasteiger partial charge in [0.05, 0.1) is 13.2 Å². The van der Waals surface area contributed by atoms with Gasteiger partial charge in [0, 0.05) is 30.1 Å². The molecule has 2 aromatic heterocycles. The number of carbonyl (C=O) groups excluding carboxylic acids is 1. The SMILES string of the molecule is CC(C)c1ccc(COc2ccc(-c3c(-c4ccncc4)nn4c3C(=O)N(C3COC(C)(C)O3)CC4)cc2)cc1.S. The molecule has 1 unspecified atom stereocenters. The molecule has 1 atom stereocenters. The monoisotopic (exact) mass is 572 g/mol. The predicted molar refractivity (Wildman–Crippen MR) is 162 cm³/mol. The van der Waals surface area contributed by atoms with E-state index in [-0.39, 0.29) is 19.4 Å². The molecule has 8 nitrogen and oxygen atoms in total. The molecular formula is C32H36N4O4S. The molecule has 9 heteroatoms. The third-order valence-electron chi connectivity index (χ3n) is 7.46. The fourth-order valence-corrected chi connectivity index (χ4v) is 5.25. The van der Waals surface area contributed by atoms with Gasteiger partial charge >= 0.3 is 0 Å². The number of aromatic nitrogens is 3. The van der Waals surface area contributed by atoms with E-state index in [1.807, 2.05) is 54.9 Å². The van der Waals surface area contributed by atoms with Crippen LogP contribution in [0.1, 0.15) is 55.2 Å². The molecule has 0 spiro atoms. The Kier molecular flexibility index (Phi) is 8.22. The summed E-state index contributed by atoms with van der Waals surface area (Å²) in [5.41, 5.74) is 6.30. The van der Waals surface area contributed by atoms with Gasteiger partial charge in [0.1, 0.15) is 23.7 Å². The van der Waals surface area contributed by atoms with E-state index in [1.54, 1.807) is 17.3 Å². The Balaban J connectivity index is 0.00000337. The number of benzene rings is 2. The van der Waals surface area contributed by atoms with Gasteiger partial charge in [-0.3, -0.25) is 14.5 Å². The van der Waals surface area contributed by atoms with Gasteiger partial charge in [-0.1, -0.05) is 50.2 Å². The van der Waals surface area contributed by atoms with Gasteiger partial charge in [-0.2, -0.15) is 18.6 Å². The highest BCUT2D eigenvalue weighted by molar-refractivity contribution is 7.59. The van der Waals surface area contributed by atoms with Gasteiger partial charge < -0.3 is 19.1 Å². The summed E-state index contributed by atoms with van der Waals surface area (Å²) in [6.07, 6.45) is 3.04. The number of amides is 1. The van der Waals surface area contributed by atoms with Crippen molar-refractivity contribution >= 4 is 19.4 Å². The lowest BCUT2D eigenvalue weighted by Crippen LogP contribution is -2.48. The van der Waals surface area contributed by atoms with Crippen molar-refractivity contribution in [2.75, 3.05) is 13.2 Å². The standard InChI is InChI=1S/C32H34N4O4.H2S/c1-21(2)23-7-5-22(6-8-23)19-38-26-11-9-24(10-12-26)28-29(25-13-15-33-16-14-25)34-36-18-17-35(31(37)30(28)36)27-20-39-32(3,4)40-27;/h5-16,21,27H,17-20H2,1-4H3;1H2. The van der Waals surface area contributed by atoms with Crippen LogP contribution in [-0.4, -0.2) is 50.7 Å². The maximum Gasteiger partial charge on any atom is 0.274 e. The van der Waals surface area contributed by atoms with Crippen molar-refractivity contribution < 1.29 is 19.0 Å². The smallest absolute Gasteiger partial charge is 0.274 e. The molecule has 0 N–H and O–H groups in total. The van der Waals surface area contributed by atoms with E-state index in [4.69, 9.17) is 19.3 Å². The second-order valence-corrected chi connectivity index (χ2v) is 11.0. The van der Waals surface area contributed by atoms with Crippen molar-refractivity contribution in [3.63, 3.8) is 0 Å². The van der Waals surface area contributed by atoms with Gasteiger partial charge in [0.2, 0.25) is 0 Å². The Bertz CT molecular complexity index is 1500. The molecule has 1 amide bonds. The minimum Gasteiger partial charge on any atom is -0.489 e. The van der Waals surface area contributed by atoms with Crippen LogP contribution in [0.3, 0.4) is 0 Å². The summed E-state index contributed by atoms with van der Waals surface area (Å²) >= 11 is 0. The molecule has 0 aliphatic carbocycles. The Morgan fingerprint density at radius 1 is 0.976 bits per heavy atom. The highest BCUT2D eigenvalue weighted by atomic mass is 32.1. The number of nitrogens with zero attached hydrogens (tertiary/aromatic N) is 4. The van der Waals surface area contributed by atoms with Crippen molar-refractivity contribution in [2.24, 2.45) is 0 Å². The third-order valence-corrected chi connectivity index (χ3v) is 7.46.